The van der Waals surface area contributed by atoms with Gasteiger partial charge < -0.3 is 0 Å². The quantitative estimate of drug-likeness (QED) is 0.943. The van der Waals surface area contributed by atoms with Crippen LogP contribution in [0.2, 0.25) is 0 Å². The Balaban J connectivity index is 2.25. The number of benzene rings is 2. The highest BCUT2D eigenvalue weighted by atomic mass is 32.2. The molecule has 0 amide bonds. The molecule has 0 radical (unpaired) electrons. The van der Waals surface area contributed by atoms with E-state index in [0.717, 1.165) is 17.2 Å². The number of hydrogen-bond acceptors (Lipinski definition) is 3. The van der Waals surface area contributed by atoms with Gasteiger partial charge >= 0.3 is 0 Å². The third-order valence-corrected chi connectivity index (χ3v) is 4.41. The van der Waals surface area contributed by atoms with Crippen LogP contribution in [0.1, 0.15) is 16.7 Å². The Morgan fingerprint density at radius 2 is 1.86 bits per heavy atom. The first-order valence-electron chi connectivity index (χ1n) is 6.18. The molecule has 1 N–H and O–H groups in total. The van der Waals surface area contributed by atoms with Crippen LogP contribution in [0.5, 0.6) is 0 Å². The highest BCUT2D eigenvalue weighted by molar-refractivity contribution is 7.89. The van der Waals surface area contributed by atoms with Crippen molar-refractivity contribution in [3.8, 4) is 6.07 Å². The molecule has 0 unspecified atom stereocenters. The number of sulfonamides is 1. The van der Waals surface area contributed by atoms with E-state index in [1.165, 1.54) is 12.1 Å². The van der Waals surface area contributed by atoms with Crippen molar-refractivity contribution in [2.75, 3.05) is 0 Å². The molecule has 21 heavy (non-hydrogen) atoms. The van der Waals surface area contributed by atoms with Crippen LogP contribution in [0, 0.1) is 24.1 Å². The van der Waals surface area contributed by atoms with Gasteiger partial charge in [0.1, 0.15) is 22.3 Å². The molecule has 0 saturated carbocycles. The van der Waals surface area contributed by atoms with E-state index in [4.69, 9.17) is 5.26 Å². The van der Waals surface area contributed by atoms with Crippen LogP contribution < -0.4 is 4.72 Å². The van der Waals surface area contributed by atoms with Crippen molar-refractivity contribution in [2.24, 2.45) is 0 Å². The van der Waals surface area contributed by atoms with Crippen LogP contribution in [-0.2, 0) is 16.6 Å². The molecule has 0 atom stereocenters. The first-order chi connectivity index (χ1) is 9.94. The lowest BCUT2D eigenvalue weighted by atomic mass is 10.2. The molecule has 2 rings (SSSR count). The minimum Gasteiger partial charge on any atom is -0.207 e. The van der Waals surface area contributed by atoms with E-state index in [1.54, 1.807) is 18.2 Å². The molecule has 2 aromatic rings. The number of aryl methyl sites for hydroxylation is 1. The number of halogens is 1. The average Bonchev–Trinajstić information content (AvgIpc) is 2.46. The second kappa shape index (κ2) is 6.04. The Hall–Kier alpha value is -2.23. The number of nitrogens with one attached hydrogen (secondary N) is 1. The van der Waals surface area contributed by atoms with Crippen molar-refractivity contribution in [2.45, 2.75) is 18.4 Å². The van der Waals surface area contributed by atoms with Crippen LogP contribution >= 0.6 is 0 Å². The van der Waals surface area contributed by atoms with Crippen LogP contribution in [-0.4, -0.2) is 8.42 Å². The number of hydrogen-bond donors (Lipinski definition) is 1. The second-order valence-corrected chi connectivity index (χ2v) is 6.27. The molecule has 108 valence electrons. The topological polar surface area (TPSA) is 70.0 Å². The van der Waals surface area contributed by atoms with Gasteiger partial charge in [-0.3, -0.25) is 0 Å². The van der Waals surface area contributed by atoms with Gasteiger partial charge in [0, 0.05) is 6.54 Å². The molecule has 0 bridgehead atoms. The van der Waals surface area contributed by atoms with Gasteiger partial charge in [0.25, 0.3) is 0 Å². The number of rotatable bonds is 4. The molecule has 0 fully saturated rings. The molecule has 0 spiro atoms. The molecule has 0 saturated heterocycles. The normalized spacial score (nSPS) is 11.1. The maximum Gasteiger partial charge on any atom is 0.242 e. The Labute approximate surface area is 122 Å². The van der Waals surface area contributed by atoms with E-state index in [2.05, 4.69) is 4.72 Å². The maximum atomic E-state index is 13.5. The van der Waals surface area contributed by atoms with E-state index < -0.39 is 21.4 Å². The van der Waals surface area contributed by atoms with Crippen molar-refractivity contribution in [3.63, 3.8) is 0 Å². The SMILES string of the molecule is Cc1ccc(CNS(=O)(=O)c2cccc(F)c2C#N)cc1. The zero-order valence-electron chi connectivity index (χ0n) is 11.3. The van der Waals surface area contributed by atoms with Crippen molar-refractivity contribution >= 4 is 10.0 Å². The minimum atomic E-state index is -3.95. The fourth-order valence-electron chi connectivity index (χ4n) is 1.80. The summed E-state index contributed by atoms with van der Waals surface area (Å²) in [5.41, 5.74) is 1.37. The molecule has 6 heteroatoms. The van der Waals surface area contributed by atoms with Crippen LogP contribution in [0.25, 0.3) is 0 Å². The van der Waals surface area contributed by atoms with Crippen molar-refractivity contribution in [1.29, 1.82) is 5.26 Å². The van der Waals surface area contributed by atoms with Gasteiger partial charge in [0.2, 0.25) is 10.0 Å². The third-order valence-electron chi connectivity index (χ3n) is 2.96. The van der Waals surface area contributed by atoms with Gasteiger partial charge in [-0.1, -0.05) is 35.9 Å². The zero-order chi connectivity index (χ0) is 15.5. The summed E-state index contributed by atoms with van der Waals surface area (Å²) in [5.74, 6) is -0.851. The largest absolute Gasteiger partial charge is 0.242 e. The summed E-state index contributed by atoms with van der Waals surface area (Å²) >= 11 is 0. The standard InChI is InChI=1S/C15H13FN2O2S/c1-11-5-7-12(8-6-11)10-18-21(19,20)15-4-2-3-14(16)13(15)9-17/h2-8,18H,10H2,1H3. The molecular weight excluding hydrogens is 291 g/mol. The van der Waals surface area contributed by atoms with E-state index in [9.17, 15) is 12.8 Å². The van der Waals surface area contributed by atoms with Gasteiger partial charge in [-0.2, -0.15) is 5.26 Å². The first-order valence-corrected chi connectivity index (χ1v) is 7.66. The Bertz CT molecular complexity index is 793. The van der Waals surface area contributed by atoms with Crippen LogP contribution in [0.15, 0.2) is 47.4 Å². The van der Waals surface area contributed by atoms with Gasteiger partial charge in [-0.15, -0.1) is 0 Å². The third kappa shape index (κ3) is 3.45. The molecule has 0 heterocycles. The van der Waals surface area contributed by atoms with Crippen molar-refractivity contribution in [3.05, 3.63) is 65.0 Å². The summed E-state index contributed by atoms with van der Waals surface area (Å²) in [6.07, 6.45) is 0. The van der Waals surface area contributed by atoms with Crippen molar-refractivity contribution < 1.29 is 12.8 Å². The summed E-state index contributed by atoms with van der Waals surface area (Å²) in [7, 11) is -3.95. The van der Waals surface area contributed by atoms with Crippen LogP contribution in [0.4, 0.5) is 4.39 Å². The fourth-order valence-corrected chi connectivity index (χ4v) is 2.98. The predicted molar refractivity (Wildman–Crippen MR) is 76.3 cm³/mol. The second-order valence-electron chi connectivity index (χ2n) is 4.53. The maximum absolute atomic E-state index is 13.5. The molecular formula is C15H13FN2O2S. The molecule has 0 aromatic heterocycles. The van der Waals surface area contributed by atoms with E-state index in [1.807, 2.05) is 19.1 Å². The lowest BCUT2D eigenvalue weighted by Gasteiger charge is -2.09. The highest BCUT2D eigenvalue weighted by Crippen LogP contribution is 2.18. The molecule has 4 nitrogen and oxygen atoms in total. The molecule has 0 aliphatic carbocycles. The highest BCUT2D eigenvalue weighted by Gasteiger charge is 2.20. The van der Waals surface area contributed by atoms with Crippen LogP contribution in [0.3, 0.4) is 0 Å². The molecule has 0 aliphatic heterocycles. The molecule has 2 aromatic carbocycles. The summed E-state index contributed by atoms with van der Waals surface area (Å²) in [6, 6.07) is 12.4. The average molecular weight is 304 g/mol. The summed E-state index contributed by atoms with van der Waals surface area (Å²) in [6.45, 7) is 2.00. The Morgan fingerprint density at radius 1 is 1.19 bits per heavy atom. The van der Waals surface area contributed by atoms with Gasteiger partial charge in [-0.25, -0.2) is 17.5 Å². The lowest BCUT2D eigenvalue weighted by molar-refractivity contribution is 0.576. The Kier molecular flexibility index (Phi) is 4.36. The number of nitriles is 1. The van der Waals surface area contributed by atoms with E-state index in [-0.39, 0.29) is 11.4 Å². The lowest BCUT2D eigenvalue weighted by Crippen LogP contribution is -2.24. The van der Waals surface area contributed by atoms with E-state index in [0.29, 0.717) is 0 Å². The number of nitrogens with zero attached hydrogens (tertiary/aromatic N) is 1. The fraction of sp³-hybridized carbons (Fsp3) is 0.133. The van der Waals surface area contributed by atoms with Gasteiger partial charge in [-0.05, 0) is 24.6 Å². The summed E-state index contributed by atoms with van der Waals surface area (Å²) < 4.78 is 40.2. The van der Waals surface area contributed by atoms with Crippen molar-refractivity contribution in [1.82, 2.24) is 4.72 Å². The summed E-state index contributed by atoms with van der Waals surface area (Å²) in [5, 5.41) is 8.90. The first kappa shape index (κ1) is 15.2. The Morgan fingerprint density at radius 3 is 2.48 bits per heavy atom. The smallest absolute Gasteiger partial charge is 0.207 e. The zero-order valence-corrected chi connectivity index (χ0v) is 12.1. The van der Waals surface area contributed by atoms with E-state index >= 15 is 0 Å². The summed E-state index contributed by atoms with van der Waals surface area (Å²) in [4.78, 5) is -0.350. The monoisotopic (exact) mass is 304 g/mol. The molecule has 0 aliphatic rings. The van der Waals surface area contributed by atoms with Gasteiger partial charge in [0.05, 0.1) is 0 Å². The minimum absolute atomic E-state index is 0.0734. The van der Waals surface area contributed by atoms with Gasteiger partial charge in [0.15, 0.2) is 0 Å². The predicted octanol–water partition coefficient (Wildman–Crippen LogP) is 2.48.